The molecule has 1 aromatic rings. The topological polar surface area (TPSA) is 69.8 Å². The summed E-state index contributed by atoms with van der Waals surface area (Å²) in [5.41, 5.74) is 5.42. The van der Waals surface area contributed by atoms with Crippen LogP contribution in [0.15, 0.2) is 12.4 Å². The van der Waals surface area contributed by atoms with Gasteiger partial charge in [0.2, 0.25) is 0 Å². The Bertz CT molecular complexity index is 205. The van der Waals surface area contributed by atoms with Gasteiger partial charge in [0.25, 0.3) is 5.91 Å². The van der Waals surface area contributed by atoms with Crippen molar-refractivity contribution in [3.05, 3.63) is 18.0 Å². The highest BCUT2D eigenvalue weighted by Gasteiger charge is 2.02. The van der Waals surface area contributed by atoms with Gasteiger partial charge < -0.3 is 0 Å². The SMILES string of the molecule is CNNC(=O)c1cn[nH]c1. The van der Waals surface area contributed by atoms with E-state index in [0.717, 1.165) is 0 Å². The van der Waals surface area contributed by atoms with E-state index in [1.807, 2.05) is 0 Å². The summed E-state index contributed by atoms with van der Waals surface area (Å²) < 4.78 is 0. The maximum Gasteiger partial charge on any atom is 0.268 e. The van der Waals surface area contributed by atoms with Gasteiger partial charge in [-0.15, -0.1) is 0 Å². The quantitative estimate of drug-likeness (QED) is 0.474. The zero-order valence-electron chi connectivity index (χ0n) is 5.51. The minimum absolute atomic E-state index is 0.198. The van der Waals surface area contributed by atoms with E-state index in [2.05, 4.69) is 21.0 Å². The molecule has 1 heterocycles. The summed E-state index contributed by atoms with van der Waals surface area (Å²) in [4.78, 5) is 10.9. The summed E-state index contributed by atoms with van der Waals surface area (Å²) in [5.74, 6) is -0.198. The van der Waals surface area contributed by atoms with Crippen molar-refractivity contribution in [3.63, 3.8) is 0 Å². The fraction of sp³-hybridized carbons (Fsp3) is 0.200. The summed E-state index contributed by atoms with van der Waals surface area (Å²) in [7, 11) is 1.62. The molecule has 0 aromatic carbocycles. The molecule has 0 unspecified atom stereocenters. The Kier molecular flexibility index (Phi) is 2.01. The van der Waals surface area contributed by atoms with Crippen LogP contribution in [-0.4, -0.2) is 23.2 Å². The van der Waals surface area contributed by atoms with E-state index >= 15 is 0 Å². The number of amides is 1. The number of nitrogens with one attached hydrogen (secondary N) is 3. The molecule has 5 heteroatoms. The van der Waals surface area contributed by atoms with E-state index in [1.165, 1.54) is 12.4 Å². The average Bonchev–Trinajstić information content (AvgIpc) is 2.38. The van der Waals surface area contributed by atoms with E-state index in [-0.39, 0.29) is 5.91 Å². The first kappa shape index (κ1) is 6.76. The molecule has 0 aliphatic carbocycles. The summed E-state index contributed by atoms with van der Waals surface area (Å²) in [6.45, 7) is 0. The van der Waals surface area contributed by atoms with Crippen molar-refractivity contribution < 1.29 is 4.79 Å². The number of aromatic amines is 1. The van der Waals surface area contributed by atoms with Crippen molar-refractivity contribution in [2.24, 2.45) is 0 Å². The first-order valence-electron chi connectivity index (χ1n) is 2.80. The average molecular weight is 140 g/mol. The summed E-state index contributed by atoms with van der Waals surface area (Å²) in [6, 6.07) is 0. The molecule has 0 bridgehead atoms. The molecule has 0 saturated carbocycles. The van der Waals surface area contributed by atoms with Crippen molar-refractivity contribution in [2.75, 3.05) is 7.05 Å². The minimum atomic E-state index is -0.198. The lowest BCUT2D eigenvalue weighted by atomic mass is 10.3. The molecule has 0 atom stereocenters. The summed E-state index contributed by atoms with van der Waals surface area (Å²) in [6.07, 6.45) is 2.97. The second-order valence-electron chi connectivity index (χ2n) is 1.69. The molecular weight excluding hydrogens is 132 g/mol. The van der Waals surface area contributed by atoms with Crippen molar-refractivity contribution in [3.8, 4) is 0 Å². The van der Waals surface area contributed by atoms with E-state index in [4.69, 9.17) is 0 Å². The largest absolute Gasteiger partial charge is 0.288 e. The molecule has 1 rings (SSSR count). The predicted octanol–water partition coefficient (Wildman–Crippen LogP) is -0.726. The monoisotopic (exact) mass is 140 g/mol. The smallest absolute Gasteiger partial charge is 0.268 e. The van der Waals surface area contributed by atoms with Crippen LogP contribution in [0, 0.1) is 0 Å². The van der Waals surface area contributed by atoms with Gasteiger partial charge in [-0.25, -0.2) is 5.43 Å². The van der Waals surface area contributed by atoms with Crippen LogP contribution in [0.1, 0.15) is 10.4 Å². The molecule has 54 valence electrons. The fourth-order valence-electron chi connectivity index (χ4n) is 0.561. The lowest BCUT2D eigenvalue weighted by Crippen LogP contribution is -2.33. The van der Waals surface area contributed by atoms with Gasteiger partial charge in [-0.2, -0.15) is 5.10 Å². The van der Waals surface area contributed by atoms with Gasteiger partial charge in [0.15, 0.2) is 0 Å². The number of aromatic nitrogens is 2. The molecule has 3 N–H and O–H groups in total. The first-order chi connectivity index (χ1) is 4.84. The second kappa shape index (κ2) is 2.98. The number of hydrogen-bond donors (Lipinski definition) is 3. The number of hydrazine groups is 1. The number of carbonyl (C=O) groups is 1. The molecule has 0 spiro atoms. The Hall–Kier alpha value is -1.36. The van der Waals surface area contributed by atoms with E-state index < -0.39 is 0 Å². The number of H-pyrrole nitrogens is 1. The van der Waals surface area contributed by atoms with Gasteiger partial charge >= 0.3 is 0 Å². The van der Waals surface area contributed by atoms with Crippen LogP contribution in [0.2, 0.25) is 0 Å². The Balaban J connectivity index is 2.59. The molecule has 5 nitrogen and oxygen atoms in total. The van der Waals surface area contributed by atoms with Gasteiger partial charge in [-0.1, -0.05) is 0 Å². The van der Waals surface area contributed by atoms with Gasteiger partial charge in [0, 0.05) is 13.2 Å². The van der Waals surface area contributed by atoms with Crippen molar-refractivity contribution in [1.29, 1.82) is 0 Å². The first-order valence-corrected chi connectivity index (χ1v) is 2.80. The zero-order valence-corrected chi connectivity index (χ0v) is 5.51. The number of carbonyl (C=O) groups excluding carboxylic acids is 1. The molecule has 0 saturated heterocycles. The third kappa shape index (κ3) is 1.32. The van der Waals surface area contributed by atoms with Gasteiger partial charge in [-0.3, -0.25) is 15.3 Å². The van der Waals surface area contributed by atoms with Crippen LogP contribution in [0.4, 0.5) is 0 Å². The van der Waals surface area contributed by atoms with E-state index in [9.17, 15) is 4.79 Å². The number of nitrogens with zero attached hydrogens (tertiary/aromatic N) is 1. The van der Waals surface area contributed by atoms with Crippen LogP contribution in [0.3, 0.4) is 0 Å². The molecule has 0 radical (unpaired) electrons. The lowest BCUT2D eigenvalue weighted by molar-refractivity contribution is 0.0938. The van der Waals surface area contributed by atoms with Crippen molar-refractivity contribution in [1.82, 2.24) is 21.0 Å². The number of rotatable bonds is 2. The van der Waals surface area contributed by atoms with Crippen molar-refractivity contribution in [2.45, 2.75) is 0 Å². The van der Waals surface area contributed by atoms with Crippen LogP contribution in [0.5, 0.6) is 0 Å². The molecular formula is C5H8N4O. The summed E-state index contributed by atoms with van der Waals surface area (Å²) in [5, 5.41) is 6.14. The second-order valence-corrected chi connectivity index (χ2v) is 1.69. The molecule has 1 amide bonds. The standard InChI is InChI=1S/C5H8N4O/c1-6-9-5(10)4-2-7-8-3-4/h2-3,6H,1H3,(H,7,8)(H,9,10). The fourth-order valence-corrected chi connectivity index (χ4v) is 0.561. The molecule has 0 fully saturated rings. The highest BCUT2D eigenvalue weighted by atomic mass is 16.2. The molecule has 10 heavy (non-hydrogen) atoms. The Labute approximate surface area is 57.8 Å². The molecule has 1 aromatic heterocycles. The number of hydrogen-bond acceptors (Lipinski definition) is 3. The summed E-state index contributed by atoms with van der Waals surface area (Å²) >= 11 is 0. The van der Waals surface area contributed by atoms with Gasteiger partial charge in [0.1, 0.15) is 0 Å². The van der Waals surface area contributed by atoms with Crippen LogP contribution < -0.4 is 10.9 Å². The van der Waals surface area contributed by atoms with Crippen LogP contribution in [-0.2, 0) is 0 Å². The van der Waals surface area contributed by atoms with Crippen LogP contribution >= 0.6 is 0 Å². The maximum atomic E-state index is 10.9. The third-order valence-electron chi connectivity index (χ3n) is 0.999. The Morgan fingerprint density at radius 2 is 2.60 bits per heavy atom. The minimum Gasteiger partial charge on any atom is -0.288 e. The highest BCUT2D eigenvalue weighted by molar-refractivity contribution is 5.93. The third-order valence-corrected chi connectivity index (χ3v) is 0.999. The zero-order chi connectivity index (χ0) is 7.40. The Morgan fingerprint density at radius 1 is 1.80 bits per heavy atom. The van der Waals surface area contributed by atoms with E-state index in [1.54, 1.807) is 7.05 Å². The Morgan fingerprint density at radius 3 is 3.10 bits per heavy atom. The van der Waals surface area contributed by atoms with Gasteiger partial charge in [-0.05, 0) is 0 Å². The highest BCUT2D eigenvalue weighted by Crippen LogP contribution is 1.90. The maximum absolute atomic E-state index is 10.9. The lowest BCUT2D eigenvalue weighted by Gasteiger charge is -1.97. The molecule has 0 aliphatic heterocycles. The normalized spacial score (nSPS) is 9.30. The van der Waals surface area contributed by atoms with E-state index in [0.29, 0.717) is 5.56 Å². The predicted molar refractivity (Wildman–Crippen MR) is 35.1 cm³/mol. The molecule has 0 aliphatic rings. The van der Waals surface area contributed by atoms with Gasteiger partial charge in [0.05, 0.1) is 11.8 Å². The van der Waals surface area contributed by atoms with Crippen molar-refractivity contribution >= 4 is 5.91 Å². The van der Waals surface area contributed by atoms with Crippen LogP contribution in [0.25, 0.3) is 0 Å².